The number of thiocarbonyl (C=S) groups is 1. The highest BCUT2D eigenvalue weighted by atomic mass is 32.1. The lowest BCUT2D eigenvalue weighted by Gasteiger charge is -2.48. The van der Waals surface area contributed by atoms with Gasteiger partial charge in [-0.3, -0.25) is 4.90 Å². The number of nitrogens with one attached hydrogen (secondary N) is 2. The molecular formula is C21H23N3S. The maximum absolute atomic E-state index is 5.67. The molecule has 2 aromatic rings. The van der Waals surface area contributed by atoms with Gasteiger partial charge in [-0.1, -0.05) is 36.4 Å². The van der Waals surface area contributed by atoms with Gasteiger partial charge in [0.2, 0.25) is 0 Å². The Morgan fingerprint density at radius 1 is 1.24 bits per heavy atom. The number of nitrogens with zero attached hydrogens (tertiary/aromatic N) is 1. The molecule has 3 heterocycles. The fourth-order valence-electron chi connectivity index (χ4n) is 4.25. The Balaban J connectivity index is 1.36. The van der Waals surface area contributed by atoms with Crippen LogP contribution in [-0.2, 0) is 0 Å². The molecule has 0 amide bonds. The first-order chi connectivity index (χ1) is 12.2. The lowest BCUT2D eigenvalue weighted by molar-refractivity contribution is 0.0248. The van der Waals surface area contributed by atoms with Crippen LogP contribution in [0.1, 0.15) is 12.8 Å². The van der Waals surface area contributed by atoms with Gasteiger partial charge in [0.05, 0.1) is 0 Å². The zero-order valence-corrected chi connectivity index (χ0v) is 15.1. The van der Waals surface area contributed by atoms with Crippen LogP contribution < -0.4 is 10.6 Å². The van der Waals surface area contributed by atoms with Crippen LogP contribution in [0.25, 0.3) is 10.8 Å². The van der Waals surface area contributed by atoms with Gasteiger partial charge >= 0.3 is 0 Å². The van der Waals surface area contributed by atoms with Crippen molar-refractivity contribution in [2.45, 2.75) is 18.9 Å². The van der Waals surface area contributed by atoms with E-state index in [9.17, 15) is 0 Å². The molecule has 0 aromatic heterocycles. The molecule has 3 aliphatic rings. The largest absolute Gasteiger partial charge is 0.361 e. The molecule has 3 fully saturated rings. The number of terminal acetylenes is 1. The van der Waals surface area contributed by atoms with Gasteiger partial charge in [0.15, 0.2) is 5.11 Å². The van der Waals surface area contributed by atoms with Crippen LogP contribution in [-0.4, -0.2) is 35.7 Å². The topological polar surface area (TPSA) is 27.3 Å². The normalized spacial score (nSPS) is 27.6. The van der Waals surface area contributed by atoms with Crippen molar-refractivity contribution in [3.63, 3.8) is 0 Å². The maximum Gasteiger partial charge on any atom is 0.170 e. The van der Waals surface area contributed by atoms with E-state index in [0.717, 1.165) is 18.8 Å². The molecule has 2 bridgehead atoms. The summed E-state index contributed by atoms with van der Waals surface area (Å²) >= 11 is 5.53. The first kappa shape index (κ1) is 16.4. The second kappa shape index (κ2) is 7.03. The van der Waals surface area contributed by atoms with E-state index in [2.05, 4.69) is 63.9 Å². The quantitative estimate of drug-likeness (QED) is 0.655. The van der Waals surface area contributed by atoms with E-state index in [1.807, 2.05) is 0 Å². The molecule has 3 saturated heterocycles. The van der Waals surface area contributed by atoms with E-state index >= 15 is 0 Å². The second-order valence-corrected chi connectivity index (χ2v) is 7.48. The highest BCUT2D eigenvalue weighted by molar-refractivity contribution is 7.80. The number of fused-ring (bicyclic) bond motifs is 4. The van der Waals surface area contributed by atoms with Crippen molar-refractivity contribution in [2.24, 2.45) is 11.8 Å². The van der Waals surface area contributed by atoms with Crippen molar-refractivity contribution in [3.8, 4) is 12.3 Å². The van der Waals surface area contributed by atoms with E-state index in [1.165, 1.54) is 30.2 Å². The molecular weight excluding hydrogens is 326 g/mol. The molecule has 0 aliphatic carbocycles. The lowest BCUT2D eigenvalue weighted by Crippen LogP contribution is -2.56. The highest BCUT2D eigenvalue weighted by Gasteiger charge is 2.39. The summed E-state index contributed by atoms with van der Waals surface area (Å²) < 4.78 is 0. The Labute approximate surface area is 154 Å². The van der Waals surface area contributed by atoms with Gasteiger partial charge in [0.1, 0.15) is 0 Å². The van der Waals surface area contributed by atoms with Crippen molar-refractivity contribution in [2.75, 3.05) is 25.0 Å². The first-order valence-electron chi connectivity index (χ1n) is 8.97. The molecule has 0 radical (unpaired) electrons. The monoisotopic (exact) mass is 349 g/mol. The van der Waals surface area contributed by atoms with E-state index in [0.29, 0.717) is 23.0 Å². The predicted molar refractivity (Wildman–Crippen MR) is 109 cm³/mol. The Morgan fingerprint density at radius 3 is 2.88 bits per heavy atom. The Kier molecular flexibility index (Phi) is 4.61. The number of hydrogen-bond acceptors (Lipinski definition) is 2. The van der Waals surface area contributed by atoms with Crippen LogP contribution >= 0.6 is 12.2 Å². The lowest BCUT2D eigenvalue weighted by atomic mass is 9.76. The van der Waals surface area contributed by atoms with Crippen LogP contribution in [0.3, 0.4) is 0 Å². The molecule has 2 N–H and O–H groups in total. The molecule has 128 valence electrons. The Morgan fingerprint density at radius 2 is 2.08 bits per heavy atom. The maximum atomic E-state index is 5.67. The molecule has 5 rings (SSSR count). The third kappa shape index (κ3) is 3.35. The minimum atomic E-state index is 0.436. The Hall–Kier alpha value is -2.09. The SMILES string of the molecule is C#C[C@H]1CN2CC[C@H]1C[C@@H]2CNC(=S)Nc1cccc2ccccc12. The van der Waals surface area contributed by atoms with Gasteiger partial charge in [-0.25, -0.2) is 0 Å². The van der Waals surface area contributed by atoms with Crippen LogP contribution in [0.2, 0.25) is 0 Å². The Bertz CT molecular complexity index is 820. The van der Waals surface area contributed by atoms with E-state index in [-0.39, 0.29) is 0 Å². The minimum Gasteiger partial charge on any atom is -0.361 e. The number of anilines is 1. The fourth-order valence-corrected chi connectivity index (χ4v) is 4.44. The third-order valence-electron chi connectivity index (χ3n) is 5.63. The van der Waals surface area contributed by atoms with Crippen molar-refractivity contribution < 1.29 is 0 Å². The fraction of sp³-hybridized carbons (Fsp3) is 0.381. The summed E-state index contributed by atoms with van der Waals surface area (Å²) in [4.78, 5) is 2.53. The second-order valence-electron chi connectivity index (χ2n) is 7.07. The van der Waals surface area contributed by atoms with Gasteiger partial charge in [-0.15, -0.1) is 12.3 Å². The summed E-state index contributed by atoms with van der Waals surface area (Å²) in [5, 5.41) is 9.86. The average Bonchev–Trinajstić information content (AvgIpc) is 2.67. The molecule has 1 unspecified atom stereocenters. The summed E-state index contributed by atoms with van der Waals surface area (Å²) in [7, 11) is 0. The van der Waals surface area contributed by atoms with Gasteiger partial charge < -0.3 is 10.6 Å². The zero-order chi connectivity index (χ0) is 17.2. The number of benzene rings is 2. The average molecular weight is 350 g/mol. The zero-order valence-electron chi connectivity index (χ0n) is 14.2. The molecule has 4 heteroatoms. The summed E-state index contributed by atoms with van der Waals surface area (Å²) in [6.07, 6.45) is 8.09. The third-order valence-corrected chi connectivity index (χ3v) is 5.88. The van der Waals surface area contributed by atoms with Crippen molar-refractivity contribution in [3.05, 3.63) is 42.5 Å². The van der Waals surface area contributed by atoms with Gasteiger partial charge in [0, 0.05) is 36.1 Å². The minimum absolute atomic E-state index is 0.436. The van der Waals surface area contributed by atoms with Crippen LogP contribution in [0, 0.1) is 24.2 Å². The molecule has 4 atom stereocenters. The highest BCUT2D eigenvalue weighted by Crippen LogP contribution is 2.35. The summed E-state index contributed by atoms with van der Waals surface area (Å²) in [5.41, 5.74) is 1.05. The summed E-state index contributed by atoms with van der Waals surface area (Å²) in [6.45, 7) is 3.08. The first-order valence-corrected chi connectivity index (χ1v) is 9.38. The predicted octanol–water partition coefficient (Wildman–Crippen LogP) is 3.47. The molecule has 0 saturated carbocycles. The van der Waals surface area contributed by atoms with Crippen molar-refractivity contribution in [1.82, 2.24) is 10.2 Å². The number of hydrogen-bond donors (Lipinski definition) is 2. The van der Waals surface area contributed by atoms with E-state index in [4.69, 9.17) is 18.6 Å². The molecule has 2 aromatic carbocycles. The van der Waals surface area contributed by atoms with Crippen molar-refractivity contribution >= 4 is 33.8 Å². The van der Waals surface area contributed by atoms with Crippen LogP contribution in [0.5, 0.6) is 0 Å². The number of rotatable bonds is 3. The number of piperidine rings is 3. The van der Waals surface area contributed by atoms with E-state index < -0.39 is 0 Å². The smallest absolute Gasteiger partial charge is 0.170 e. The van der Waals surface area contributed by atoms with Crippen LogP contribution in [0.4, 0.5) is 5.69 Å². The van der Waals surface area contributed by atoms with Crippen LogP contribution in [0.15, 0.2) is 42.5 Å². The standard InChI is InChI=1S/C21H23N3S/c1-2-15-14-24-11-10-17(15)12-18(24)13-22-21(25)23-20-9-5-7-16-6-3-4-8-19(16)20/h1,3-9,15,17-18H,10-14H2,(H2,22,23,25)/t15-,17-,18+/m0/s1. The van der Waals surface area contributed by atoms with Gasteiger partial charge in [-0.05, 0) is 49.0 Å². The summed E-state index contributed by atoms with van der Waals surface area (Å²) in [6, 6.07) is 15.1. The van der Waals surface area contributed by atoms with E-state index in [1.54, 1.807) is 0 Å². The molecule has 3 nitrogen and oxygen atoms in total. The molecule has 3 aliphatic heterocycles. The van der Waals surface area contributed by atoms with Gasteiger partial charge in [0.25, 0.3) is 0 Å². The van der Waals surface area contributed by atoms with Gasteiger partial charge in [-0.2, -0.15) is 0 Å². The summed E-state index contributed by atoms with van der Waals surface area (Å²) in [5.74, 6) is 4.09. The molecule has 25 heavy (non-hydrogen) atoms. The molecule has 0 spiro atoms. The van der Waals surface area contributed by atoms with Crippen molar-refractivity contribution in [1.29, 1.82) is 0 Å².